The van der Waals surface area contributed by atoms with Crippen LogP contribution in [-0.4, -0.2) is 38.4 Å². The van der Waals surface area contributed by atoms with Gasteiger partial charge >= 0.3 is 0 Å². The maximum absolute atomic E-state index is 11.9. The van der Waals surface area contributed by atoms with E-state index in [9.17, 15) is 4.79 Å². The Balaban J connectivity index is 1.75. The molecule has 0 bridgehead atoms. The van der Waals surface area contributed by atoms with E-state index in [2.05, 4.69) is 14.5 Å². The first-order valence-corrected chi connectivity index (χ1v) is 7.96. The van der Waals surface area contributed by atoms with E-state index in [0.29, 0.717) is 12.3 Å². The summed E-state index contributed by atoms with van der Waals surface area (Å²) >= 11 is 0. The quantitative estimate of drug-likeness (QED) is 0.871. The van der Waals surface area contributed by atoms with Gasteiger partial charge in [0.25, 0.3) is 0 Å². The number of carbonyl (C=O) groups is 1. The third kappa shape index (κ3) is 3.18. The smallest absolute Gasteiger partial charge is 0.222 e. The second-order valence-corrected chi connectivity index (χ2v) is 5.77. The van der Waals surface area contributed by atoms with Gasteiger partial charge in [-0.1, -0.05) is 13.0 Å². The molecule has 3 heterocycles. The van der Waals surface area contributed by atoms with Crippen molar-refractivity contribution in [3.63, 3.8) is 0 Å². The Morgan fingerprint density at radius 3 is 3.00 bits per heavy atom. The Labute approximate surface area is 131 Å². The molecule has 1 aliphatic heterocycles. The maximum atomic E-state index is 11.9. The van der Waals surface area contributed by atoms with Crippen LogP contribution in [0.1, 0.15) is 43.6 Å². The third-order valence-corrected chi connectivity index (χ3v) is 4.25. The molecular formula is C17H22N4O. The molecule has 5 nitrogen and oxygen atoms in total. The lowest BCUT2D eigenvalue weighted by atomic mass is 9.97. The minimum atomic E-state index is 0.243. The molecule has 22 heavy (non-hydrogen) atoms. The van der Waals surface area contributed by atoms with Crippen molar-refractivity contribution in [2.24, 2.45) is 0 Å². The summed E-state index contributed by atoms with van der Waals surface area (Å²) in [5, 5.41) is 0. The highest BCUT2D eigenvalue weighted by Crippen LogP contribution is 2.26. The monoisotopic (exact) mass is 298 g/mol. The highest BCUT2D eigenvalue weighted by Gasteiger charge is 2.26. The zero-order chi connectivity index (χ0) is 15.4. The number of carbonyl (C=O) groups excluding carboxylic acids is 1. The van der Waals surface area contributed by atoms with Gasteiger partial charge in [0.1, 0.15) is 5.82 Å². The molecule has 0 saturated carbocycles. The van der Waals surface area contributed by atoms with Crippen molar-refractivity contribution in [1.29, 1.82) is 0 Å². The molecule has 0 aromatic carbocycles. The number of amides is 1. The summed E-state index contributed by atoms with van der Waals surface area (Å²) in [5.41, 5.74) is 1.03. The summed E-state index contributed by atoms with van der Waals surface area (Å²) < 4.78 is 2.16. The fourth-order valence-corrected chi connectivity index (χ4v) is 3.12. The average Bonchev–Trinajstić information content (AvgIpc) is 3.03. The highest BCUT2D eigenvalue weighted by molar-refractivity contribution is 5.75. The lowest BCUT2D eigenvalue weighted by molar-refractivity contribution is -0.132. The lowest BCUT2D eigenvalue weighted by Crippen LogP contribution is -2.39. The van der Waals surface area contributed by atoms with Crippen molar-refractivity contribution in [3.05, 3.63) is 48.3 Å². The standard InChI is InChI=1S/C17H22N4O/c1-2-16(22)20-10-5-6-14(12-20)17-19-9-11-21(17)13-15-7-3-4-8-18-15/h3-4,7-9,11,14H,2,5-6,10,12-13H2,1H3. The minimum absolute atomic E-state index is 0.243. The second kappa shape index (κ2) is 6.73. The predicted octanol–water partition coefficient (Wildman–Crippen LogP) is 2.44. The molecule has 1 aliphatic rings. The molecule has 0 spiro atoms. The van der Waals surface area contributed by atoms with E-state index in [0.717, 1.165) is 44.0 Å². The van der Waals surface area contributed by atoms with Gasteiger partial charge < -0.3 is 9.47 Å². The van der Waals surface area contributed by atoms with Crippen LogP contribution in [0.25, 0.3) is 0 Å². The van der Waals surface area contributed by atoms with E-state index in [4.69, 9.17) is 0 Å². The van der Waals surface area contributed by atoms with Crippen LogP contribution >= 0.6 is 0 Å². The van der Waals surface area contributed by atoms with Gasteiger partial charge in [0, 0.05) is 44.0 Å². The zero-order valence-electron chi connectivity index (χ0n) is 13.0. The Morgan fingerprint density at radius 1 is 1.32 bits per heavy atom. The first-order chi connectivity index (χ1) is 10.8. The summed E-state index contributed by atoms with van der Waals surface area (Å²) in [4.78, 5) is 22.9. The van der Waals surface area contributed by atoms with E-state index in [-0.39, 0.29) is 5.91 Å². The SMILES string of the molecule is CCC(=O)N1CCCC(c2nccn2Cc2ccccn2)C1. The Morgan fingerprint density at radius 2 is 2.23 bits per heavy atom. The summed E-state index contributed by atoms with van der Waals surface area (Å²) in [7, 11) is 0. The normalized spacial score (nSPS) is 18.4. The van der Waals surface area contributed by atoms with E-state index < -0.39 is 0 Å². The van der Waals surface area contributed by atoms with Crippen LogP contribution in [-0.2, 0) is 11.3 Å². The van der Waals surface area contributed by atoms with Crippen molar-refractivity contribution < 1.29 is 4.79 Å². The molecule has 1 unspecified atom stereocenters. The van der Waals surface area contributed by atoms with Crippen LogP contribution in [0.2, 0.25) is 0 Å². The number of rotatable bonds is 4. The number of hydrogen-bond donors (Lipinski definition) is 0. The van der Waals surface area contributed by atoms with E-state index >= 15 is 0 Å². The maximum Gasteiger partial charge on any atom is 0.222 e. The molecule has 0 N–H and O–H groups in total. The van der Waals surface area contributed by atoms with E-state index in [1.54, 1.807) is 0 Å². The molecule has 3 rings (SSSR count). The van der Waals surface area contributed by atoms with Gasteiger partial charge in [0.2, 0.25) is 5.91 Å². The van der Waals surface area contributed by atoms with Crippen LogP contribution in [0.5, 0.6) is 0 Å². The highest BCUT2D eigenvalue weighted by atomic mass is 16.2. The van der Waals surface area contributed by atoms with Gasteiger partial charge in [0.15, 0.2) is 0 Å². The van der Waals surface area contributed by atoms with Crippen LogP contribution < -0.4 is 0 Å². The van der Waals surface area contributed by atoms with Gasteiger partial charge in [-0.25, -0.2) is 4.98 Å². The summed E-state index contributed by atoms with van der Waals surface area (Å²) in [6.45, 7) is 4.32. The third-order valence-electron chi connectivity index (χ3n) is 4.25. The first kappa shape index (κ1) is 14.8. The van der Waals surface area contributed by atoms with Crippen LogP contribution in [0.3, 0.4) is 0 Å². The van der Waals surface area contributed by atoms with Crippen molar-refractivity contribution in [1.82, 2.24) is 19.4 Å². The van der Waals surface area contributed by atoms with E-state index in [1.165, 1.54) is 0 Å². The molecule has 0 radical (unpaired) electrons. The Hall–Kier alpha value is -2.17. The number of aromatic nitrogens is 3. The summed E-state index contributed by atoms with van der Waals surface area (Å²) in [6.07, 6.45) is 8.38. The van der Waals surface area contributed by atoms with Gasteiger partial charge in [-0.3, -0.25) is 9.78 Å². The number of pyridine rings is 1. The first-order valence-electron chi connectivity index (χ1n) is 7.96. The van der Waals surface area contributed by atoms with Crippen molar-refractivity contribution in [2.75, 3.05) is 13.1 Å². The average molecular weight is 298 g/mol. The number of likely N-dealkylation sites (tertiary alicyclic amines) is 1. The molecule has 2 aromatic rings. The fourth-order valence-electron chi connectivity index (χ4n) is 3.12. The van der Waals surface area contributed by atoms with Gasteiger partial charge in [-0.2, -0.15) is 0 Å². The van der Waals surface area contributed by atoms with Crippen LogP contribution in [0.15, 0.2) is 36.8 Å². The molecule has 2 aromatic heterocycles. The lowest BCUT2D eigenvalue weighted by Gasteiger charge is -2.32. The predicted molar refractivity (Wildman–Crippen MR) is 84.4 cm³/mol. The second-order valence-electron chi connectivity index (χ2n) is 5.77. The molecule has 1 saturated heterocycles. The van der Waals surface area contributed by atoms with Crippen LogP contribution in [0.4, 0.5) is 0 Å². The number of piperidine rings is 1. The molecular weight excluding hydrogens is 276 g/mol. The van der Waals surface area contributed by atoms with Crippen molar-refractivity contribution >= 4 is 5.91 Å². The zero-order valence-corrected chi connectivity index (χ0v) is 13.0. The number of imidazole rings is 1. The van der Waals surface area contributed by atoms with Gasteiger partial charge in [0.05, 0.1) is 12.2 Å². The molecule has 5 heteroatoms. The molecule has 116 valence electrons. The molecule has 0 aliphatic carbocycles. The minimum Gasteiger partial charge on any atom is -0.342 e. The Kier molecular flexibility index (Phi) is 4.51. The largest absolute Gasteiger partial charge is 0.342 e. The number of hydrogen-bond acceptors (Lipinski definition) is 3. The topological polar surface area (TPSA) is 51.0 Å². The van der Waals surface area contributed by atoms with Gasteiger partial charge in [-0.15, -0.1) is 0 Å². The number of nitrogens with zero attached hydrogens (tertiary/aromatic N) is 4. The van der Waals surface area contributed by atoms with Gasteiger partial charge in [-0.05, 0) is 25.0 Å². The summed E-state index contributed by atoms with van der Waals surface area (Å²) in [5.74, 6) is 1.63. The van der Waals surface area contributed by atoms with E-state index in [1.807, 2.05) is 48.6 Å². The molecule has 1 fully saturated rings. The van der Waals surface area contributed by atoms with Crippen molar-refractivity contribution in [3.8, 4) is 0 Å². The van der Waals surface area contributed by atoms with Crippen LogP contribution in [0, 0.1) is 0 Å². The molecule has 1 atom stereocenters. The Bertz CT molecular complexity index is 623. The van der Waals surface area contributed by atoms with Crippen molar-refractivity contribution in [2.45, 2.75) is 38.6 Å². The fraction of sp³-hybridized carbons (Fsp3) is 0.471. The summed E-state index contributed by atoms with van der Waals surface area (Å²) in [6, 6.07) is 5.95. The molecule has 1 amide bonds.